The van der Waals surface area contributed by atoms with Gasteiger partial charge in [-0.15, -0.1) is 4.68 Å². The highest BCUT2D eigenvalue weighted by Crippen LogP contribution is 2.25. The molecule has 0 atom stereocenters. The molecule has 0 fully saturated rings. The Bertz CT molecular complexity index is 544. The van der Waals surface area contributed by atoms with Gasteiger partial charge in [-0.05, 0) is 30.6 Å². The lowest BCUT2D eigenvalue weighted by Crippen LogP contribution is -2.39. The second-order valence-electron chi connectivity index (χ2n) is 6.68. The van der Waals surface area contributed by atoms with Crippen LogP contribution in [0.25, 0.3) is 11.1 Å². The van der Waals surface area contributed by atoms with Crippen molar-refractivity contribution in [3.8, 4) is 11.1 Å². The lowest BCUT2D eigenvalue weighted by Gasteiger charge is -2.18. The number of hydrogen-bond acceptors (Lipinski definition) is 1. The molecule has 0 aliphatic heterocycles. The molecule has 1 aromatic carbocycles. The zero-order valence-electron chi connectivity index (χ0n) is 13.3. The Morgan fingerprint density at radius 3 is 2.25 bits per heavy atom. The summed E-state index contributed by atoms with van der Waals surface area (Å²) in [6.07, 6.45) is 4.25. The molecule has 1 aromatic heterocycles. The summed E-state index contributed by atoms with van der Waals surface area (Å²) in [4.78, 5) is 2.19. The van der Waals surface area contributed by atoms with E-state index in [4.69, 9.17) is 0 Å². The molecule has 108 valence electrons. The predicted octanol–water partition coefficient (Wildman–Crippen LogP) is 2.83. The second-order valence-corrected chi connectivity index (χ2v) is 6.68. The van der Waals surface area contributed by atoms with E-state index in [1.54, 1.807) is 0 Å². The molecule has 0 saturated carbocycles. The number of rotatable bonds is 4. The highest BCUT2D eigenvalue weighted by molar-refractivity contribution is 5.61. The maximum Gasteiger partial charge on any atom is 0.203 e. The molecular formula is C17H26N3+. The van der Waals surface area contributed by atoms with Gasteiger partial charge in [0.25, 0.3) is 0 Å². The average molecular weight is 272 g/mol. The van der Waals surface area contributed by atoms with Gasteiger partial charge in [0.05, 0.1) is 18.3 Å². The lowest BCUT2D eigenvalue weighted by molar-refractivity contribution is -0.749. The summed E-state index contributed by atoms with van der Waals surface area (Å²) in [6, 6.07) is 8.87. The third-order valence-electron chi connectivity index (χ3n) is 3.55. The van der Waals surface area contributed by atoms with Gasteiger partial charge in [-0.25, -0.2) is 0 Å². The van der Waals surface area contributed by atoms with Gasteiger partial charge in [0.2, 0.25) is 6.20 Å². The van der Waals surface area contributed by atoms with Crippen LogP contribution in [0.1, 0.15) is 26.3 Å². The Morgan fingerprint density at radius 2 is 1.70 bits per heavy atom. The molecule has 1 N–H and O–H groups in total. The molecule has 0 unspecified atom stereocenters. The minimum atomic E-state index is 0.211. The molecule has 0 spiro atoms. The molecule has 20 heavy (non-hydrogen) atoms. The summed E-state index contributed by atoms with van der Waals surface area (Å²) in [6.45, 7) is 8.75. The van der Waals surface area contributed by atoms with Crippen molar-refractivity contribution >= 4 is 0 Å². The molecule has 0 bridgehead atoms. The van der Waals surface area contributed by atoms with Crippen LogP contribution >= 0.6 is 0 Å². The standard InChI is InChI=1S/C17H25N3/c1-17(2,3)16-8-6-14(7-9-16)15-12-18-20(13-15)11-10-19(4)5/h6-9,12-13H,10-11H2,1-5H3/p+1. The molecule has 0 saturated heterocycles. The predicted molar refractivity (Wildman–Crippen MR) is 83.7 cm³/mol. The number of nitrogens with zero attached hydrogens (tertiary/aromatic N) is 2. The topological polar surface area (TPSA) is 22.9 Å². The monoisotopic (exact) mass is 272 g/mol. The number of likely N-dealkylation sites (N-methyl/N-ethyl adjacent to an activating group) is 1. The van der Waals surface area contributed by atoms with Crippen molar-refractivity contribution in [2.75, 3.05) is 20.6 Å². The summed E-state index contributed by atoms with van der Waals surface area (Å²) >= 11 is 0. The Hall–Kier alpha value is -1.61. The minimum absolute atomic E-state index is 0.211. The van der Waals surface area contributed by atoms with Crippen LogP contribution in [0.4, 0.5) is 0 Å². The van der Waals surface area contributed by atoms with Crippen molar-refractivity contribution in [1.29, 1.82) is 0 Å². The molecule has 1 heterocycles. The fourth-order valence-electron chi connectivity index (χ4n) is 2.15. The molecule has 2 aromatic rings. The Morgan fingerprint density at radius 1 is 1.05 bits per heavy atom. The fourth-order valence-corrected chi connectivity index (χ4v) is 2.15. The lowest BCUT2D eigenvalue weighted by atomic mass is 9.86. The van der Waals surface area contributed by atoms with Gasteiger partial charge in [0.1, 0.15) is 0 Å². The number of aromatic nitrogens is 2. The largest absolute Gasteiger partial charge is 0.303 e. The third kappa shape index (κ3) is 3.70. The molecule has 0 amide bonds. The van der Waals surface area contributed by atoms with E-state index in [0.29, 0.717) is 0 Å². The van der Waals surface area contributed by atoms with Crippen LogP contribution < -0.4 is 4.68 Å². The summed E-state index contributed by atoms with van der Waals surface area (Å²) in [5, 5.41) is 3.29. The molecule has 3 heteroatoms. The van der Waals surface area contributed by atoms with E-state index < -0.39 is 0 Å². The van der Waals surface area contributed by atoms with E-state index >= 15 is 0 Å². The molecule has 3 nitrogen and oxygen atoms in total. The zero-order chi connectivity index (χ0) is 14.8. The van der Waals surface area contributed by atoms with Crippen molar-refractivity contribution in [3.63, 3.8) is 0 Å². The minimum Gasteiger partial charge on any atom is -0.303 e. The quantitative estimate of drug-likeness (QED) is 0.850. The Labute approximate surface area is 122 Å². The average Bonchev–Trinajstić information content (AvgIpc) is 2.84. The molecule has 0 radical (unpaired) electrons. The highest BCUT2D eigenvalue weighted by atomic mass is 15.3. The molecule has 2 rings (SSSR count). The summed E-state index contributed by atoms with van der Waals surface area (Å²) in [7, 11) is 4.19. The van der Waals surface area contributed by atoms with Crippen LogP contribution in [-0.2, 0) is 12.0 Å². The maximum absolute atomic E-state index is 3.29. The van der Waals surface area contributed by atoms with Crippen molar-refractivity contribution in [2.45, 2.75) is 32.7 Å². The molecular weight excluding hydrogens is 246 g/mol. The molecule has 0 aliphatic rings. The second kappa shape index (κ2) is 5.80. The fraction of sp³-hybridized carbons (Fsp3) is 0.471. The molecule has 0 aliphatic carbocycles. The maximum atomic E-state index is 3.29. The van der Waals surface area contributed by atoms with Crippen LogP contribution in [0.2, 0.25) is 0 Å². The van der Waals surface area contributed by atoms with Gasteiger partial charge in [-0.3, -0.25) is 0 Å². The van der Waals surface area contributed by atoms with Gasteiger partial charge in [0.15, 0.2) is 6.54 Å². The number of aromatic amines is 1. The van der Waals surface area contributed by atoms with Gasteiger partial charge < -0.3 is 4.90 Å². The smallest absolute Gasteiger partial charge is 0.203 e. The SMILES string of the molecule is CN(C)CC[n+]1cc(-c2ccc(C(C)(C)C)cc2)c[nH]1. The van der Waals surface area contributed by atoms with Crippen molar-refractivity contribution < 1.29 is 4.68 Å². The van der Waals surface area contributed by atoms with E-state index in [1.807, 2.05) is 0 Å². The van der Waals surface area contributed by atoms with Crippen LogP contribution in [0, 0.1) is 0 Å². The number of nitrogens with one attached hydrogen (secondary N) is 1. The summed E-state index contributed by atoms with van der Waals surface area (Å²) in [5.74, 6) is 0. The summed E-state index contributed by atoms with van der Waals surface area (Å²) < 4.78 is 2.13. The first kappa shape index (κ1) is 14.8. The van der Waals surface area contributed by atoms with E-state index in [0.717, 1.165) is 13.1 Å². The van der Waals surface area contributed by atoms with Crippen LogP contribution in [0.5, 0.6) is 0 Å². The Balaban J connectivity index is 2.12. The zero-order valence-corrected chi connectivity index (χ0v) is 13.3. The van der Waals surface area contributed by atoms with E-state index in [1.165, 1.54) is 16.7 Å². The van der Waals surface area contributed by atoms with Gasteiger partial charge in [-0.1, -0.05) is 45.0 Å². The van der Waals surface area contributed by atoms with Crippen LogP contribution in [-0.4, -0.2) is 30.6 Å². The third-order valence-corrected chi connectivity index (χ3v) is 3.55. The summed E-state index contributed by atoms with van der Waals surface area (Å²) in [5.41, 5.74) is 4.08. The highest BCUT2D eigenvalue weighted by Gasteiger charge is 2.14. The first-order chi connectivity index (χ1) is 9.36. The number of hydrogen-bond donors (Lipinski definition) is 1. The van der Waals surface area contributed by atoms with E-state index in [-0.39, 0.29) is 5.41 Å². The van der Waals surface area contributed by atoms with E-state index in [2.05, 4.69) is 86.2 Å². The van der Waals surface area contributed by atoms with Crippen molar-refractivity contribution in [3.05, 3.63) is 42.2 Å². The Kier molecular flexibility index (Phi) is 4.29. The van der Waals surface area contributed by atoms with Gasteiger partial charge in [0, 0.05) is 0 Å². The van der Waals surface area contributed by atoms with Crippen molar-refractivity contribution in [2.24, 2.45) is 0 Å². The first-order valence-electron chi connectivity index (χ1n) is 7.20. The van der Waals surface area contributed by atoms with Gasteiger partial charge >= 0.3 is 0 Å². The van der Waals surface area contributed by atoms with Crippen LogP contribution in [0.15, 0.2) is 36.7 Å². The normalized spacial score (nSPS) is 12.1. The first-order valence-corrected chi connectivity index (χ1v) is 7.20. The van der Waals surface area contributed by atoms with Gasteiger partial charge in [-0.2, -0.15) is 5.10 Å². The van der Waals surface area contributed by atoms with E-state index in [9.17, 15) is 0 Å². The number of H-pyrrole nitrogens is 1. The van der Waals surface area contributed by atoms with Crippen LogP contribution in [0.3, 0.4) is 0 Å². The number of benzene rings is 1. The van der Waals surface area contributed by atoms with Crippen molar-refractivity contribution in [1.82, 2.24) is 10.00 Å².